The van der Waals surface area contributed by atoms with Gasteiger partial charge in [-0.15, -0.1) is 11.3 Å². The average molecular weight is 320 g/mol. The van der Waals surface area contributed by atoms with Crippen LogP contribution in [0.3, 0.4) is 0 Å². The predicted octanol–water partition coefficient (Wildman–Crippen LogP) is 4.73. The summed E-state index contributed by atoms with van der Waals surface area (Å²) in [5, 5.41) is 11.6. The van der Waals surface area contributed by atoms with Crippen LogP contribution in [0.15, 0.2) is 40.1 Å². The first-order valence-electron chi connectivity index (χ1n) is 6.11. The van der Waals surface area contributed by atoms with E-state index in [1.165, 1.54) is 11.3 Å². The molecule has 0 amide bonds. The SMILES string of the molecule is Cc1ccc(-c2oc(-c3cccs3)nc2C(=O)O)c(Cl)c1. The van der Waals surface area contributed by atoms with Crippen molar-refractivity contribution in [1.29, 1.82) is 0 Å². The molecule has 0 radical (unpaired) electrons. The molecule has 3 rings (SSSR count). The van der Waals surface area contributed by atoms with Crippen molar-refractivity contribution in [3.63, 3.8) is 0 Å². The molecule has 0 unspecified atom stereocenters. The third-order valence-electron chi connectivity index (χ3n) is 2.93. The number of hydrogen-bond donors (Lipinski definition) is 1. The molecule has 0 spiro atoms. The highest BCUT2D eigenvalue weighted by Crippen LogP contribution is 2.35. The summed E-state index contributed by atoms with van der Waals surface area (Å²) in [5.41, 5.74) is 1.37. The van der Waals surface area contributed by atoms with Crippen LogP contribution in [-0.2, 0) is 0 Å². The van der Waals surface area contributed by atoms with Crippen molar-refractivity contribution in [3.8, 4) is 22.1 Å². The van der Waals surface area contributed by atoms with Gasteiger partial charge in [0.1, 0.15) is 0 Å². The quantitative estimate of drug-likeness (QED) is 0.758. The van der Waals surface area contributed by atoms with Crippen molar-refractivity contribution in [1.82, 2.24) is 4.98 Å². The van der Waals surface area contributed by atoms with Gasteiger partial charge in [-0.2, -0.15) is 0 Å². The average Bonchev–Trinajstić information content (AvgIpc) is 3.07. The van der Waals surface area contributed by atoms with Gasteiger partial charge in [0.2, 0.25) is 5.89 Å². The van der Waals surface area contributed by atoms with E-state index in [-0.39, 0.29) is 17.3 Å². The lowest BCUT2D eigenvalue weighted by molar-refractivity contribution is 0.0691. The summed E-state index contributed by atoms with van der Waals surface area (Å²) in [4.78, 5) is 16.2. The second-order valence-corrected chi connectivity index (χ2v) is 5.82. The van der Waals surface area contributed by atoms with Crippen molar-refractivity contribution in [2.45, 2.75) is 6.92 Å². The van der Waals surface area contributed by atoms with Gasteiger partial charge in [0.15, 0.2) is 11.5 Å². The Labute approximate surface area is 129 Å². The zero-order valence-electron chi connectivity index (χ0n) is 11.0. The standard InChI is InChI=1S/C15H10ClNO3S/c1-8-4-5-9(10(16)7-8)13-12(15(18)19)17-14(20-13)11-3-2-6-21-11/h2-7H,1H3,(H,18,19). The van der Waals surface area contributed by atoms with Crippen LogP contribution in [0.5, 0.6) is 0 Å². The molecule has 0 aliphatic carbocycles. The summed E-state index contributed by atoms with van der Waals surface area (Å²) >= 11 is 7.63. The minimum absolute atomic E-state index is 0.135. The molecule has 1 N–H and O–H groups in total. The Morgan fingerprint density at radius 1 is 1.38 bits per heavy atom. The van der Waals surface area contributed by atoms with Crippen LogP contribution >= 0.6 is 22.9 Å². The largest absolute Gasteiger partial charge is 0.476 e. The lowest BCUT2D eigenvalue weighted by Crippen LogP contribution is -1.99. The fourth-order valence-electron chi connectivity index (χ4n) is 1.96. The van der Waals surface area contributed by atoms with Crippen molar-refractivity contribution in [2.75, 3.05) is 0 Å². The zero-order valence-corrected chi connectivity index (χ0v) is 12.5. The number of rotatable bonds is 3. The van der Waals surface area contributed by atoms with E-state index in [1.54, 1.807) is 12.1 Å². The number of benzene rings is 1. The Kier molecular flexibility index (Phi) is 3.53. The van der Waals surface area contributed by atoms with Crippen LogP contribution in [0.1, 0.15) is 16.1 Å². The smallest absolute Gasteiger partial charge is 0.358 e. The van der Waals surface area contributed by atoms with Crippen LogP contribution in [0.2, 0.25) is 5.02 Å². The van der Waals surface area contributed by atoms with Gasteiger partial charge in [-0.1, -0.05) is 23.7 Å². The van der Waals surface area contributed by atoms with Gasteiger partial charge in [-0.3, -0.25) is 0 Å². The second-order valence-electron chi connectivity index (χ2n) is 4.46. The summed E-state index contributed by atoms with van der Waals surface area (Å²) < 4.78 is 5.66. The molecule has 2 heterocycles. The Morgan fingerprint density at radius 3 is 2.81 bits per heavy atom. The molecule has 1 aromatic carbocycles. The molecule has 3 aromatic rings. The Bertz CT molecular complexity index is 808. The number of aryl methyl sites for hydroxylation is 1. The molecule has 106 valence electrons. The highest BCUT2D eigenvalue weighted by atomic mass is 35.5. The maximum atomic E-state index is 11.4. The lowest BCUT2D eigenvalue weighted by Gasteiger charge is -2.02. The highest BCUT2D eigenvalue weighted by Gasteiger charge is 2.23. The molecule has 0 aliphatic rings. The van der Waals surface area contributed by atoms with Crippen LogP contribution in [0.25, 0.3) is 22.1 Å². The molecule has 21 heavy (non-hydrogen) atoms. The Balaban J connectivity index is 2.19. The molecular formula is C15H10ClNO3S. The number of aromatic nitrogens is 1. The van der Waals surface area contributed by atoms with Crippen molar-refractivity contribution in [3.05, 3.63) is 52.0 Å². The van der Waals surface area contributed by atoms with Crippen LogP contribution in [0.4, 0.5) is 0 Å². The first kappa shape index (κ1) is 13.9. The Hall–Kier alpha value is -2.11. The number of hydrogen-bond acceptors (Lipinski definition) is 4. The zero-order chi connectivity index (χ0) is 15.0. The number of thiophene rings is 1. The third-order valence-corrected chi connectivity index (χ3v) is 4.10. The first-order valence-corrected chi connectivity index (χ1v) is 7.36. The number of aromatic carboxylic acids is 1. The van der Waals surface area contributed by atoms with E-state index in [4.69, 9.17) is 16.0 Å². The van der Waals surface area contributed by atoms with E-state index in [9.17, 15) is 9.90 Å². The fourth-order valence-corrected chi connectivity index (χ4v) is 2.93. The van der Waals surface area contributed by atoms with E-state index < -0.39 is 5.97 Å². The molecule has 0 aliphatic heterocycles. The van der Waals surface area contributed by atoms with Gasteiger partial charge in [0, 0.05) is 5.56 Å². The van der Waals surface area contributed by atoms with Crippen LogP contribution in [-0.4, -0.2) is 16.1 Å². The van der Waals surface area contributed by atoms with Gasteiger partial charge in [-0.25, -0.2) is 9.78 Å². The molecule has 4 nitrogen and oxygen atoms in total. The monoisotopic (exact) mass is 319 g/mol. The maximum Gasteiger partial charge on any atom is 0.358 e. The summed E-state index contributed by atoms with van der Waals surface area (Å²) in [7, 11) is 0. The van der Waals surface area contributed by atoms with Gasteiger partial charge in [0.25, 0.3) is 0 Å². The number of oxazole rings is 1. The van der Waals surface area contributed by atoms with Gasteiger partial charge in [0.05, 0.1) is 9.90 Å². The second kappa shape index (κ2) is 5.35. The van der Waals surface area contributed by atoms with Crippen LogP contribution < -0.4 is 0 Å². The van der Waals surface area contributed by atoms with E-state index in [2.05, 4.69) is 4.98 Å². The maximum absolute atomic E-state index is 11.4. The summed E-state index contributed by atoms with van der Waals surface area (Å²) in [6.45, 7) is 1.91. The molecule has 0 bridgehead atoms. The highest BCUT2D eigenvalue weighted by molar-refractivity contribution is 7.13. The number of halogens is 1. The van der Waals surface area contributed by atoms with E-state index in [0.29, 0.717) is 10.6 Å². The predicted molar refractivity (Wildman–Crippen MR) is 82.0 cm³/mol. The first-order chi connectivity index (χ1) is 10.1. The molecule has 0 fully saturated rings. The molecule has 2 aromatic heterocycles. The van der Waals surface area contributed by atoms with Crippen molar-refractivity contribution < 1.29 is 14.3 Å². The molecule has 0 atom stereocenters. The molecule has 0 saturated heterocycles. The Morgan fingerprint density at radius 2 is 2.19 bits per heavy atom. The number of nitrogens with zero attached hydrogens (tertiary/aromatic N) is 1. The third kappa shape index (κ3) is 2.57. The number of carbonyl (C=O) groups is 1. The minimum atomic E-state index is -1.15. The molecule has 0 saturated carbocycles. The van der Waals surface area contributed by atoms with Gasteiger partial charge in [-0.05, 0) is 36.1 Å². The van der Waals surface area contributed by atoms with Crippen molar-refractivity contribution >= 4 is 28.9 Å². The fraction of sp³-hybridized carbons (Fsp3) is 0.0667. The van der Waals surface area contributed by atoms with E-state index in [0.717, 1.165) is 10.4 Å². The van der Waals surface area contributed by atoms with E-state index in [1.807, 2.05) is 30.5 Å². The van der Waals surface area contributed by atoms with Gasteiger partial charge >= 0.3 is 5.97 Å². The summed E-state index contributed by atoms with van der Waals surface area (Å²) in [6, 6.07) is 9.02. The molecule has 6 heteroatoms. The number of carboxylic acids is 1. The normalized spacial score (nSPS) is 10.8. The lowest BCUT2D eigenvalue weighted by atomic mass is 10.1. The van der Waals surface area contributed by atoms with Crippen LogP contribution in [0, 0.1) is 6.92 Å². The number of carboxylic acid groups (broad SMARTS) is 1. The summed E-state index contributed by atoms with van der Waals surface area (Å²) in [6.07, 6.45) is 0. The van der Waals surface area contributed by atoms with Crippen molar-refractivity contribution in [2.24, 2.45) is 0 Å². The minimum Gasteiger partial charge on any atom is -0.476 e. The van der Waals surface area contributed by atoms with E-state index >= 15 is 0 Å². The topological polar surface area (TPSA) is 63.3 Å². The summed E-state index contributed by atoms with van der Waals surface area (Å²) in [5.74, 6) is -0.682. The van der Waals surface area contributed by atoms with Gasteiger partial charge < -0.3 is 9.52 Å². The molecular weight excluding hydrogens is 310 g/mol.